The summed E-state index contributed by atoms with van der Waals surface area (Å²) in [5.41, 5.74) is 1.69. The summed E-state index contributed by atoms with van der Waals surface area (Å²) in [5.74, 6) is 0.414. The van der Waals surface area contributed by atoms with E-state index in [2.05, 4.69) is 14.8 Å². The van der Waals surface area contributed by atoms with E-state index in [9.17, 15) is 0 Å². The number of halogens is 1. The Balaban J connectivity index is 2.10. The molecule has 102 valence electrons. The molecular weight excluding hydrogens is 278 g/mol. The van der Waals surface area contributed by atoms with Gasteiger partial charge in [0.2, 0.25) is 11.6 Å². The molecule has 0 saturated heterocycles. The molecule has 5 nitrogen and oxygen atoms in total. The first-order chi connectivity index (χ1) is 9.72. The fourth-order valence-electron chi connectivity index (χ4n) is 1.63. The first kappa shape index (κ1) is 14.3. The molecule has 20 heavy (non-hydrogen) atoms. The predicted octanol–water partition coefficient (Wildman–Crippen LogP) is 2.79. The molecular formula is C14H12ClN3O2. The minimum Gasteiger partial charge on any atom is -0.471 e. The number of rotatable bonds is 5. The molecule has 2 aromatic heterocycles. The fourth-order valence-corrected chi connectivity index (χ4v) is 1.79. The van der Waals surface area contributed by atoms with Crippen LogP contribution in [0.15, 0.2) is 30.3 Å². The number of pyridine rings is 2. The highest BCUT2D eigenvalue weighted by molar-refractivity contribution is 6.29. The molecule has 0 aliphatic carbocycles. The number of hydrogen-bond acceptors (Lipinski definition) is 4. The van der Waals surface area contributed by atoms with Crippen molar-refractivity contribution in [3.8, 4) is 5.88 Å². The van der Waals surface area contributed by atoms with E-state index in [1.807, 2.05) is 0 Å². The van der Waals surface area contributed by atoms with E-state index in [0.29, 0.717) is 34.5 Å². The first-order valence-electron chi connectivity index (χ1n) is 5.95. The highest BCUT2D eigenvalue weighted by atomic mass is 35.5. The summed E-state index contributed by atoms with van der Waals surface area (Å²) in [7, 11) is 0. The van der Waals surface area contributed by atoms with E-state index in [-0.39, 0.29) is 13.2 Å². The number of aliphatic hydroxyl groups excluding tert-OH is 1. The van der Waals surface area contributed by atoms with Crippen LogP contribution in [-0.4, -0.2) is 21.7 Å². The zero-order valence-electron chi connectivity index (χ0n) is 10.6. The molecule has 0 spiro atoms. The van der Waals surface area contributed by atoms with Gasteiger partial charge in [0.1, 0.15) is 11.8 Å². The first-order valence-corrected chi connectivity index (χ1v) is 6.33. The van der Waals surface area contributed by atoms with Crippen LogP contribution in [0.2, 0.25) is 5.15 Å². The molecule has 2 rings (SSSR count). The standard InChI is InChI=1S/C14H12ClN3O2/c1-16-11-6-5-10(17-12(11)7-8-19)9-20-14-4-2-3-13(15)18-14/h2-6,19H,7-9H2. The van der Waals surface area contributed by atoms with Crippen molar-refractivity contribution in [3.63, 3.8) is 0 Å². The van der Waals surface area contributed by atoms with Gasteiger partial charge in [0.15, 0.2) is 0 Å². The SMILES string of the molecule is [C-]#[N+]c1ccc(COc2cccc(Cl)n2)nc1CCO. The molecule has 0 saturated carbocycles. The van der Waals surface area contributed by atoms with Gasteiger partial charge in [-0.2, -0.15) is 0 Å². The van der Waals surface area contributed by atoms with E-state index in [0.717, 1.165) is 0 Å². The summed E-state index contributed by atoms with van der Waals surface area (Å²) in [6.07, 6.45) is 0.348. The van der Waals surface area contributed by atoms with Gasteiger partial charge < -0.3 is 9.84 Å². The maximum Gasteiger partial charge on any atom is 0.215 e. The molecule has 2 heterocycles. The zero-order chi connectivity index (χ0) is 14.4. The Bertz CT molecular complexity index is 641. The van der Waals surface area contributed by atoms with Crippen LogP contribution in [0.3, 0.4) is 0 Å². The van der Waals surface area contributed by atoms with Crippen molar-refractivity contribution in [1.82, 2.24) is 9.97 Å². The highest BCUT2D eigenvalue weighted by Gasteiger charge is 2.06. The number of aromatic nitrogens is 2. The molecule has 2 aromatic rings. The normalized spacial score (nSPS) is 10.1. The Morgan fingerprint density at radius 1 is 1.25 bits per heavy atom. The van der Waals surface area contributed by atoms with Gasteiger partial charge in [0.25, 0.3) is 0 Å². The van der Waals surface area contributed by atoms with Crippen LogP contribution in [0.25, 0.3) is 4.85 Å². The van der Waals surface area contributed by atoms with Crippen molar-refractivity contribution in [2.24, 2.45) is 0 Å². The van der Waals surface area contributed by atoms with Crippen LogP contribution in [0.4, 0.5) is 5.69 Å². The average Bonchev–Trinajstić information content (AvgIpc) is 2.46. The quantitative estimate of drug-likeness (QED) is 0.679. The topological polar surface area (TPSA) is 59.6 Å². The maximum absolute atomic E-state index is 8.97. The third-order valence-electron chi connectivity index (χ3n) is 2.53. The molecule has 0 unspecified atom stereocenters. The molecule has 6 heteroatoms. The van der Waals surface area contributed by atoms with Gasteiger partial charge in [-0.1, -0.05) is 23.7 Å². The largest absolute Gasteiger partial charge is 0.471 e. The Kier molecular flexibility index (Phi) is 4.88. The van der Waals surface area contributed by atoms with Gasteiger partial charge in [-0.05, 0) is 12.1 Å². The molecule has 0 radical (unpaired) electrons. The van der Waals surface area contributed by atoms with Gasteiger partial charge in [-0.3, -0.25) is 4.98 Å². The van der Waals surface area contributed by atoms with Crippen LogP contribution in [0, 0.1) is 6.57 Å². The lowest BCUT2D eigenvalue weighted by Gasteiger charge is -2.07. The molecule has 0 aromatic carbocycles. The second kappa shape index (κ2) is 6.85. The van der Waals surface area contributed by atoms with Crippen LogP contribution in [0.5, 0.6) is 5.88 Å². The van der Waals surface area contributed by atoms with Gasteiger partial charge in [0, 0.05) is 24.8 Å². The van der Waals surface area contributed by atoms with Gasteiger partial charge in [0.05, 0.1) is 12.3 Å². The Labute approximate surface area is 121 Å². The summed E-state index contributed by atoms with van der Waals surface area (Å²) in [4.78, 5) is 11.7. The Hall–Kier alpha value is -2.16. The molecule has 0 fully saturated rings. The van der Waals surface area contributed by atoms with Crippen LogP contribution in [-0.2, 0) is 13.0 Å². The van der Waals surface area contributed by atoms with Crippen molar-refractivity contribution in [2.45, 2.75) is 13.0 Å². The van der Waals surface area contributed by atoms with Crippen molar-refractivity contribution in [2.75, 3.05) is 6.61 Å². The Morgan fingerprint density at radius 2 is 2.10 bits per heavy atom. The molecule has 0 bridgehead atoms. The second-order valence-corrected chi connectivity index (χ2v) is 4.33. The maximum atomic E-state index is 8.97. The lowest BCUT2D eigenvalue weighted by molar-refractivity contribution is 0.286. The lowest BCUT2D eigenvalue weighted by Crippen LogP contribution is -2.03. The third kappa shape index (κ3) is 3.67. The molecule has 0 amide bonds. The summed E-state index contributed by atoms with van der Waals surface area (Å²) in [6.45, 7) is 7.22. The molecule has 0 aliphatic rings. The van der Waals surface area contributed by atoms with E-state index in [1.54, 1.807) is 30.3 Å². The van der Waals surface area contributed by atoms with Gasteiger partial charge >= 0.3 is 0 Å². The second-order valence-electron chi connectivity index (χ2n) is 3.94. The van der Waals surface area contributed by atoms with Crippen LogP contribution < -0.4 is 4.74 Å². The van der Waals surface area contributed by atoms with E-state index >= 15 is 0 Å². The molecule has 0 atom stereocenters. The highest BCUT2D eigenvalue weighted by Crippen LogP contribution is 2.19. The molecule has 1 N–H and O–H groups in total. The summed E-state index contributed by atoms with van der Waals surface area (Å²) < 4.78 is 5.48. The van der Waals surface area contributed by atoms with Gasteiger partial charge in [-0.15, -0.1) is 0 Å². The number of nitrogens with zero attached hydrogens (tertiary/aromatic N) is 3. The number of aliphatic hydroxyl groups is 1. The van der Waals surface area contributed by atoms with Crippen molar-refractivity contribution in [1.29, 1.82) is 0 Å². The van der Waals surface area contributed by atoms with E-state index < -0.39 is 0 Å². The van der Waals surface area contributed by atoms with E-state index in [1.165, 1.54) is 0 Å². The van der Waals surface area contributed by atoms with Crippen molar-refractivity contribution >= 4 is 17.3 Å². The van der Waals surface area contributed by atoms with Crippen molar-refractivity contribution < 1.29 is 9.84 Å². The smallest absolute Gasteiger partial charge is 0.215 e. The monoisotopic (exact) mass is 289 g/mol. The Morgan fingerprint density at radius 3 is 2.80 bits per heavy atom. The number of hydrogen-bond donors (Lipinski definition) is 1. The fraction of sp³-hybridized carbons (Fsp3) is 0.214. The predicted molar refractivity (Wildman–Crippen MR) is 74.9 cm³/mol. The number of ether oxygens (including phenoxy) is 1. The van der Waals surface area contributed by atoms with E-state index in [4.69, 9.17) is 28.0 Å². The summed E-state index contributed by atoms with van der Waals surface area (Å²) in [6, 6.07) is 8.51. The minimum atomic E-state index is -0.0460. The molecule has 0 aliphatic heterocycles. The summed E-state index contributed by atoms with van der Waals surface area (Å²) >= 11 is 5.76. The lowest BCUT2D eigenvalue weighted by atomic mass is 10.2. The summed E-state index contributed by atoms with van der Waals surface area (Å²) in [5, 5.41) is 9.33. The average molecular weight is 290 g/mol. The van der Waals surface area contributed by atoms with Crippen molar-refractivity contribution in [3.05, 3.63) is 58.3 Å². The van der Waals surface area contributed by atoms with Crippen LogP contribution >= 0.6 is 11.6 Å². The zero-order valence-corrected chi connectivity index (χ0v) is 11.3. The minimum absolute atomic E-state index is 0.0460. The van der Waals surface area contributed by atoms with Crippen LogP contribution in [0.1, 0.15) is 11.4 Å². The van der Waals surface area contributed by atoms with Gasteiger partial charge in [-0.25, -0.2) is 9.83 Å². The third-order valence-corrected chi connectivity index (χ3v) is 2.74.